The molecule has 3 heteroatoms. The molecular weight excluding hydrogens is 234 g/mol. The normalized spacial score (nSPS) is 24.5. The quantitative estimate of drug-likeness (QED) is 0.865. The summed E-state index contributed by atoms with van der Waals surface area (Å²) < 4.78 is 0. The number of hydrogen-bond donors (Lipinski definition) is 2. The summed E-state index contributed by atoms with van der Waals surface area (Å²) in [6, 6.07) is 8.67. The zero-order chi connectivity index (χ0) is 12.5. The van der Waals surface area contributed by atoms with Crippen molar-refractivity contribution in [3.8, 4) is 0 Å². The van der Waals surface area contributed by atoms with Crippen LogP contribution in [-0.2, 0) is 0 Å². The van der Waals surface area contributed by atoms with E-state index in [4.69, 9.17) is 11.6 Å². The van der Waals surface area contributed by atoms with Crippen LogP contribution in [0.4, 0.5) is 0 Å². The molecule has 0 atom stereocenters. The Morgan fingerprint density at radius 3 is 2.41 bits per heavy atom. The topological polar surface area (TPSA) is 32.3 Å². The van der Waals surface area contributed by atoms with Crippen molar-refractivity contribution in [2.45, 2.75) is 44.2 Å². The lowest BCUT2D eigenvalue weighted by atomic mass is 9.76. The van der Waals surface area contributed by atoms with Crippen LogP contribution in [0.15, 0.2) is 24.3 Å². The predicted molar refractivity (Wildman–Crippen MR) is 71.5 cm³/mol. The second-order valence-electron chi connectivity index (χ2n) is 5.61. The fraction of sp³-hybridized carbons (Fsp3) is 0.571. The SMILES string of the molecule is CC(C)(O)CNC1CC(c2ccc(Cl)cc2)C1. The minimum absolute atomic E-state index is 0.544. The van der Waals surface area contributed by atoms with Crippen molar-refractivity contribution < 1.29 is 5.11 Å². The number of hydrogen-bond acceptors (Lipinski definition) is 2. The van der Waals surface area contributed by atoms with Crippen molar-refractivity contribution >= 4 is 11.6 Å². The van der Waals surface area contributed by atoms with Gasteiger partial charge in [0.15, 0.2) is 0 Å². The Labute approximate surface area is 108 Å². The van der Waals surface area contributed by atoms with Gasteiger partial charge in [-0.05, 0) is 50.3 Å². The van der Waals surface area contributed by atoms with Crippen molar-refractivity contribution in [3.63, 3.8) is 0 Å². The Balaban J connectivity index is 1.77. The highest BCUT2D eigenvalue weighted by atomic mass is 35.5. The van der Waals surface area contributed by atoms with Gasteiger partial charge < -0.3 is 10.4 Å². The van der Waals surface area contributed by atoms with E-state index in [1.54, 1.807) is 0 Å². The van der Waals surface area contributed by atoms with Crippen LogP contribution in [0.3, 0.4) is 0 Å². The molecule has 2 nitrogen and oxygen atoms in total. The zero-order valence-electron chi connectivity index (χ0n) is 10.4. The highest BCUT2D eigenvalue weighted by Gasteiger charge is 2.30. The van der Waals surface area contributed by atoms with E-state index in [0.717, 1.165) is 17.9 Å². The van der Waals surface area contributed by atoms with Crippen LogP contribution in [0.1, 0.15) is 38.2 Å². The average molecular weight is 254 g/mol. The van der Waals surface area contributed by atoms with Crippen LogP contribution in [0.5, 0.6) is 0 Å². The van der Waals surface area contributed by atoms with Gasteiger partial charge in [-0.1, -0.05) is 23.7 Å². The van der Waals surface area contributed by atoms with Crippen LogP contribution in [-0.4, -0.2) is 23.3 Å². The van der Waals surface area contributed by atoms with E-state index >= 15 is 0 Å². The molecule has 0 spiro atoms. The minimum atomic E-state index is -0.620. The Morgan fingerprint density at radius 1 is 1.29 bits per heavy atom. The second-order valence-corrected chi connectivity index (χ2v) is 6.05. The van der Waals surface area contributed by atoms with E-state index in [9.17, 15) is 5.11 Å². The molecule has 2 rings (SSSR count). The van der Waals surface area contributed by atoms with Crippen LogP contribution in [0.2, 0.25) is 5.02 Å². The van der Waals surface area contributed by atoms with Crippen molar-refractivity contribution in [2.24, 2.45) is 0 Å². The Kier molecular flexibility index (Phi) is 3.76. The first-order valence-corrected chi connectivity index (χ1v) is 6.53. The van der Waals surface area contributed by atoms with E-state index in [0.29, 0.717) is 18.5 Å². The molecule has 0 saturated heterocycles. The minimum Gasteiger partial charge on any atom is -0.389 e. The Morgan fingerprint density at radius 2 is 1.88 bits per heavy atom. The first kappa shape index (κ1) is 12.9. The van der Waals surface area contributed by atoms with Crippen LogP contribution >= 0.6 is 11.6 Å². The van der Waals surface area contributed by atoms with E-state index in [2.05, 4.69) is 17.4 Å². The standard InChI is InChI=1S/C14H20ClNO/c1-14(2,17)9-16-13-7-11(8-13)10-3-5-12(15)6-4-10/h3-6,11,13,16-17H,7-9H2,1-2H3. The summed E-state index contributed by atoms with van der Waals surface area (Å²) in [5, 5.41) is 13.8. The molecule has 0 radical (unpaired) electrons. The third kappa shape index (κ3) is 3.70. The molecule has 0 bridgehead atoms. The number of rotatable bonds is 4. The molecule has 1 aliphatic carbocycles. The fourth-order valence-electron chi connectivity index (χ4n) is 2.19. The third-order valence-electron chi connectivity index (χ3n) is 3.30. The molecule has 0 aliphatic heterocycles. The number of aliphatic hydroxyl groups is 1. The van der Waals surface area contributed by atoms with Gasteiger partial charge >= 0.3 is 0 Å². The van der Waals surface area contributed by atoms with Gasteiger partial charge in [0.2, 0.25) is 0 Å². The average Bonchev–Trinajstić information content (AvgIpc) is 2.16. The molecule has 94 valence electrons. The molecule has 1 fully saturated rings. The number of benzene rings is 1. The fourth-order valence-corrected chi connectivity index (χ4v) is 2.31. The van der Waals surface area contributed by atoms with E-state index in [1.807, 2.05) is 26.0 Å². The monoisotopic (exact) mass is 253 g/mol. The maximum atomic E-state index is 9.62. The Hall–Kier alpha value is -0.570. The zero-order valence-corrected chi connectivity index (χ0v) is 11.2. The summed E-state index contributed by atoms with van der Waals surface area (Å²) >= 11 is 5.87. The lowest BCUT2D eigenvalue weighted by Gasteiger charge is -2.37. The van der Waals surface area contributed by atoms with Gasteiger partial charge in [0.05, 0.1) is 5.60 Å². The van der Waals surface area contributed by atoms with E-state index < -0.39 is 5.60 Å². The molecule has 1 aliphatic rings. The van der Waals surface area contributed by atoms with Crippen LogP contribution in [0.25, 0.3) is 0 Å². The Bertz CT molecular complexity index is 363. The van der Waals surface area contributed by atoms with Gasteiger partial charge in [0, 0.05) is 17.6 Å². The van der Waals surface area contributed by atoms with E-state index in [-0.39, 0.29) is 0 Å². The number of halogens is 1. The van der Waals surface area contributed by atoms with Gasteiger partial charge in [-0.2, -0.15) is 0 Å². The van der Waals surface area contributed by atoms with Crippen molar-refractivity contribution in [3.05, 3.63) is 34.9 Å². The van der Waals surface area contributed by atoms with Crippen LogP contribution in [0, 0.1) is 0 Å². The van der Waals surface area contributed by atoms with Crippen molar-refractivity contribution in [1.82, 2.24) is 5.32 Å². The molecule has 1 aromatic carbocycles. The molecular formula is C14H20ClNO. The lowest BCUT2D eigenvalue weighted by Crippen LogP contribution is -2.46. The van der Waals surface area contributed by atoms with Crippen LogP contribution < -0.4 is 5.32 Å². The lowest BCUT2D eigenvalue weighted by molar-refractivity contribution is 0.0708. The number of nitrogens with one attached hydrogen (secondary N) is 1. The molecule has 0 aromatic heterocycles. The summed E-state index contributed by atoms with van der Waals surface area (Å²) in [4.78, 5) is 0. The second kappa shape index (κ2) is 4.97. The van der Waals surface area contributed by atoms with Crippen molar-refractivity contribution in [2.75, 3.05) is 6.54 Å². The van der Waals surface area contributed by atoms with Gasteiger partial charge in [-0.15, -0.1) is 0 Å². The van der Waals surface area contributed by atoms with E-state index in [1.165, 1.54) is 5.56 Å². The summed E-state index contributed by atoms with van der Waals surface area (Å²) in [6.45, 7) is 4.32. The molecule has 1 saturated carbocycles. The highest BCUT2D eigenvalue weighted by molar-refractivity contribution is 6.30. The predicted octanol–water partition coefficient (Wildman–Crippen LogP) is 2.95. The van der Waals surface area contributed by atoms with Gasteiger partial charge in [-0.3, -0.25) is 0 Å². The maximum Gasteiger partial charge on any atom is 0.0715 e. The van der Waals surface area contributed by atoms with Gasteiger partial charge in [0.1, 0.15) is 0 Å². The third-order valence-corrected chi connectivity index (χ3v) is 3.55. The molecule has 1 aromatic rings. The smallest absolute Gasteiger partial charge is 0.0715 e. The first-order valence-electron chi connectivity index (χ1n) is 6.15. The van der Waals surface area contributed by atoms with Gasteiger partial charge in [0.25, 0.3) is 0 Å². The summed E-state index contributed by atoms with van der Waals surface area (Å²) in [5.74, 6) is 0.645. The largest absolute Gasteiger partial charge is 0.389 e. The van der Waals surface area contributed by atoms with Gasteiger partial charge in [-0.25, -0.2) is 0 Å². The summed E-state index contributed by atoms with van der Waals surface area (Å²) in [5.41, 5.74) is 0.751. The maximum absolute atomic E-state index is 9.62. The summed E-state index contributed by atoms with van der Waals surface area (Å²) in [6.07, 6.45) is 2.30. The molecule has 0 unspecified atom stereocenters. The first-order chi connectivity index (χ1) is 7.94. The molecule has 0 heterocycles. The molecule has 0 amide bonds. The molecule has 17 heavy (non-hydrogen) atoms. The highest BCUT2D eigenvalue weighted by Crippen LogP contribution is 2.37. The molecule has 2 N–H and O–H groups in total. The van der Waals surface area contributed by atoms with Crippen molar-refractivity contribution in [1.29, 1.82) is 0 Å². The summed E-state index contributed by atoms with van der Waals surface area (Å²) in [7, 11) is 0.